The summed E-state index contributed by atoms with van der Waals surface area (Å²) in [5, 5.41) is 0.571. The summed E-state index contributed by atoms with van der Waals surface area (Å²) in [5.74, 6) is -0.461. The molecule has 1 aliphatic heterocycles. The van der Waals surface area contributed by atoms with Crippen LogP contribution in [0.5, 0.6) is 0 Å². The number of hydrogen-bond donors (Lipinski definition) is 0. The number of ether oxygens (including phenoxy) is 2. The molecule has 0 aromatic heterocycles. The molecule has 0 bridgehead atoms. The van der Waals surface area contributed by atoms with E-state index in [1.54, 1.807) is 24.3 Å². The molecule has 1 unspecified atom stereocenters. The van der Waals surface area contributed by atoms with Crippen LogP contribution in [0.4, 0.5) is 0 Å². The third kappa shape index (κ3) is 5.20. The highest BCUT2D eigenvalue weighted by Gasteiger charge is 2.39. The standard InChI is InChI=1S/C23H26BrNO4S2/c1-18-7-9-21(10-8-18)31(26,27)25-30(20-5-3-2-4-6-20)22(17-24)19-11-13-23(14-12-19)28-15-16-29-23/h2-10H,11-17H2,1H3. The van der Waals surface area contributed by atoms with E-state index in [1.165, 1.54) is 5.57 Å². The summed E-state index contributed by atoms with van der Waals surface area (Å²) >= 11 is 3.63. The number of hydrogen-bond acceptors (Lipinski definition) is 4. The van der Waals surface area contributed by atoms with Gasteiger partial charge in [-0.2, -0.15) is 8.42 Å². The van der Waals surface area contributed by atoms with Gasteiger partial charge in [0.25, 0.3) is 10.0 Å². The monoisotopic (exact) mass is 523 g/mol. The van der Waals surface area contributed by atoms with E-state index in [2.05, 4.69) is 19.7 Å². The summed E-state index contributed by atoms with van der Waals surface area (Å²) in [5.41, 5.74) is 2.26. The second kappa shape index (κ2) is 9.67. The van der Waals surface area contributed by atoms with Crippen molar-refractivity contribution in [1.82, 2.24) is 0 Å². The molecule has 4 rings (SSSR count). The van der Waals surface area contributed by atoms with Gasteiger partial charge in [0.1, 0.15) is 0 Å². The first-order chi connectivity index (χ1) is 14.9. The van der Waals surface area contributed by atoms with Crippen LogP contribution in [0, 0.1) is 6.92 Å². The Hall–Kier alpha value is -1.32. The molecule has 2 aromatic rings. The maximum atomic E-state index is 13.2. The molecular weight excluding hydrogens is 498 g/mol. The second-order valence-corrected chi connectivity index (χ2v) is 11.8. The summed E-state index contributed by atoms with van der Waals surface area (Å²) in [4.78, 5) is 2.16. The lowest BCUT2D eigenvalue weighted by Gasteiger charge is -2.33. The van der Waals surface area contributed by atoms with E-state index >= 15 is 0 Å². The van der Waals surface area contributed by atoms with Crippen molar-refractivity contribution in [1.29, 1.82) is 0 Å². The smallest absolute Gasteiger partial charge is 0.288 e. The Morgan fingerprint density at radius 1 is 1.03 bits per heavy atom. The van der Waals surface area contributed by atoms with Gasteiger partial charge in [-0.25, -0.2) is 0 Å². The van der Waals surface area contributed by atoms with Gasteiger partial charge in [0.05, 0.1) is 18.1 Å². The van der Waals surface area contributed by atoms with Gasteiger partial charge < -0.3 is 9.47 Å². The van der Waals surface area contributed by atoms with Crippen LogP contribution in [0.3, 0.4) is 0 Å². The lowest BCUT2D eigenvalue weighted by atomic mass is 9.89. The first-order valence-corrected chi connectivity index (χ1v) is 14.1. The van der Waals surface area contributed by atoms with Crippen molar-refractivity contribution in [2.24, 2.45) is 3.77 Å². The number of nitrogens with zero attached hydrogens (tertiary/aromatic N) is 1. The molecule has 31 heavy (non-hydrogen) atoms. The minimum atomic E-state index is -3.81. The number of halogens is 1. The maximum Gasteiger partial charge on any atom is 0.288 e. The highest BCUT2D eigenvalue weighted by molar-refractivity contribution is 9.09. The SMILES string of the molecule is Cc1ccc(S(=O)(=O)/N=S(/C(CBr)=C2CCC3(CC2)OCCO3)c2ccccc2)cc1. The second-order valence-electron chi connectivity index (χ2n) is 7.73. The van der Waals surface area contributed by atoms with Gasteiger partial charge in [-0.3, -0.25) is 0 Å². The van der Waals surface area contributed by atoms with Crippen LogP contribution >= 0.6 is 15.9 Å². The Balaban J connectivity index is 1.76. The normalized spacial score (nSPS) is 19.6. The van der Waals surface area contributed by atoms with E-state index in [1.807, 2.05) is 37.3 Å². The zero-order chi connectivity index (χ0) is 21.9. The van der Waals surface area contributed by atoms with Gasteiger partial charge in [0, 0.05) is 28.0 Å². The van der Waals surface area contributed by atoms with Gasteiger partial charge in [-0.15, -0.1) is 3.77 Å². The molecular formula is C23H26BrNO4S2. The van der Waals surface area contributed by atoms with E-state index in [9.17, 15) is 8.42 Å². The fourth-order valence-electron chi connectivity index (χ4n) is 3.91. The average molecular weight is 525 g/mol. The number of rotatable bonds is 5. The van der Waals surface area contributed by atoms with Crippen LogP contribution in [0.1, 0.15) is 31.2 Å². The topological polar surface area (TPSA) is 65.0 Å². The van der Waals surface area contributed by atoms with E-state index in [0.717, 1.165) is 41.0 Å². The van der Waals surface area contributed by atoms with Crippen molar-refractivity contribution in [3.63, 3.8) is 0 Å². The van der Waals surface area contributed by atoms with Gasteiger partial charge in [-0.1, -0.05) is 57.4 Å². The van der Waals surface area contributed by atoms with Crippen molar-refractivity contribution in [3.8, 4) is 0 Å². The molecule has 1 atom stereocenters. The molecule has 2 fully saturated rings. The summed E-state index contributed by atoms with van der Waals surface area (Å²) in [7, 11) is -4.73. The van der Waals surface area contributed by atoms with E-state index in [0.29, 0.717) is 18.5 Å². The zero-order valence-electron chi connectivity index (χ0n) is 17.4. The largest absolute Gasteiger partial charge is 0.348 e. The average Bonchev–Trinajstić information content (AvgIpc) is 3.24. The molecule has 8 heteroatoms. The molecule has 2 aliphatic rings. The lowest BCUT2D eigenvalue weighted by molar-refractivity contribution is -0.171. The minimum Gasteiger partial charge on any atom is -0.348 e. The third-order valence-corrected chi connectivity index (χ3v) is 10.4. The van der Waals surface area contributed by atoms with Crippen molar-refractivity contribution in [3.05, 3.63) is 70.6 Å². The maximum absolute atomic E-state index is 13.2. The molecule has 1 heterocycles. The summed E-state index contributed by atoms with van der Waals surface area (Å²) in [6, 6.07) is 16.5. The molecule has 0 amide bonds. The highest BCUT2D eigenvalue weighted by atomic mass is 79.9. The van der Waals surface area contributed by atoms with Gasteiger partial charge >= 0.3 is 0 Å². The zero-order valence-corrected chi connectivity index (χ0v) is 20.6. The Kier molecular flexibility index (Phi) is 7.13. The molecule has 1 aliphatic carbocycles. The highest BCUT2D eigenvalue weighted by Crippen LogP contribution is 2.40. The summed E-state index contributed by atoms with van der Waals surface area (Å²) in [6.07, 6.45) is 3.21. The van der Waals surface area contributed by atoms with Crippen LogP contribution in [0.25, 0.3) is 0 Å². The predicted octanol–water partition coefficient (Wildman–Crippen LogP) is 5.51. The van der Waals surface area contributed by atoms with Crippen molar-refractivity contribution in [2.45, 2.75) is 48.2 Å². The molecule has 2 aromatic carbocycles. The number of sulfonamides is 1. The molecule has 1 spiro atoms. The molecule has 166 valence electrons. The number of benzene rings is 2. The number of alkyl halides is 1. The number of allylic oxidation sites excluding steroid dienone is 2. The van der Waals surface area contributed by atoms with Crippen LogP contribution < -0.4 is 0 Å². The summed E-state index contributed by atoms with van der Waals surface area (Å²) in [6.45, 7) is 3.22. The Morgan fingerprint density at radius 3 is 2.23 bits per heavy atom. The van der Waals surface area contributed by atoms with Crippen LogP contribution in [-0.2, 0) is 30.2 Å². The van der Waals surface area contributed by atoms with Gasteiger partial charge in [0.15, 0.2) is 5.79 Å². The molecule has 5 nitrogen and oxygen atoms in total. The molecule has 1 saturated carbocycles. The predicted molar refractivity (Wildman–Crippen MR) is 127 cm³/mol. The van der Waals surface area contributed by atoms with E-state index < -0.39 is 26.5 Å². The lowest BCUT2D eigenvalue weighted by Crippen LogP contribution is -2.33. The van der Waals surface area contributed by atoms with Crippen LogP contribution in [-0.4, -0.2) is 32.7 Å². The third-order valence-electron chi connectivity index (χ3n) is 5.64. The van der Waals surface area contributed by atoms with Crippen molar-refractivity contribution < 1.29 is 17.9 Å². The Morgan fingerprint density at radius 2 is 1.65 bits per heavy atom. The van der Waals surface area contributed by atoms with E-state index in [4.69, 9.17) is 9.47 Å². The van der Waals surface area contributed by atoms with Crippen molar-refractivity contribution >= 4 is 36.6 Å². The molecule has 0 N–H and O–H groups in total. The fourth-order valence-corrected chi connectivity index (χ4v) is 8.55. The quantitative estimate of drug-likeness (QED) is 0.484. The fraction of sp³-hybridized carbons (Fsp3) is 0.391. The Labute approximate surface area is 195 Å². The first kappa shape index (κ1) is 22.9. The van der Waals surface area contributed by atoms with Crippen LogP contribution in [0.2, 0.25) is 0 Å². The van der Waals surface area contributed by atoms with Gasteiger partial charge in [-0.05, 0) is 54.7 Å². The molecule has 0 radical (unpaired) electrons. The van der Waals surface area contributed by atoms with E-state index in [-0.39, 0.29) is 4.90 Å². The van der Waals surface area contributed by atoms with Crippen molar-refractivity contribution in [2.75, 3.05) is 18.5 Å². The minimum absolute atomic E-state index is 0.223. The Bertz CT molecular complexity index is 1080. The summed E-state index contributed by atoms with van der Waals surface area (Å²) < 4.78 is 42.6. The first-order valence-electron chi connectivity index (χ1n) is 10.3. The van der Waals surface area contributed by atoms with Crippen LogP contribution in [0.15, 0.2) is 78.6 Å². The molecule has 1 saturated heterocycles. The van der Waals surface area contributed by atoms with Gasteiger partial charge in [0.2, 0.25) is 0 Å². The number of aryl methyl sites for hydroxylation is 1.